The van der Waals surface area contributed by atoms with Crippen molar-refractivity contribution in [1.82, 2.24) is 0 Å². The van der Waals surface area contributed by atoms with E-state index in [0.717, 1.165) is 12.5 Å². The van der Waals surface area contributed by atoms with Gasteiger partial charge in [0.2, 0.25) is 0 Å². The first-order valence-electron chi connectivity index (χ1n) is 4.75. The fourth-order valence-corrected chi connectivity index (χ4v) is 1.88. The van der Waals surface area contributed by atoms with E-state index in [1.54, 1.807) is 0 Å². The Kier molecular flexibility index (Phi) is 6.16. The van der Waals surface area contributed by atoms with E-state index in [9.17, 15) is 0 Å². The largest absolute Gasteiger partial charge is 0.337 e. The molecule has 0 aromatic carbocycles. The number of hydrogen-bond acceptors (Lipinski definition) is 1. The minimum absolute atomic E-state index is 0. The molecule has 0 radical (unpaired) electrons. The van der Waals surface area contributed by atoms with Crippen LogP contribution in [0.5, 0.6) is 0 Å². The third kappa shape index (κ3) is 3.40. The Balaban J connectivity index is 0.00000121. The normalized spacial score (nSPS) is 35.8. The molecule has 1 aliphatic rings. The molecule has 1 nitrogen and oxygen atoms in total. The van der Waals surface area contributed by atoms with Crippen LogP contribution in [0.15, 0.2) is 0 Å². The number of rotatable bonds is 2. The molecule has 0 atom stereocenters. The summed E-state index contributed by atoms with van der Waals surface area (Å²) in [5.41, 5.74) is 6.01. The maximum absolute atomic E-state index is 5.61. The van der Waals surface area contributed by atoms with Gasteiger partial charge < -0.3 is 12.7 Å². The van der Waals surface area contributed by atoms with Crippen molar-refractivity contribution in [2.45, 2.75) is 39.0 Å². The van der Waals surface area contributed by atoms with Crippen molar-refractivity contribution in [2.24, 2.45) is 17.1 Å². The fourth-order valence-electron chi connectivity index (χ4n) is 1.88. The minimum atomic E-state index is 0. The van der Waals surface area contributed by atoms with Gasteiger partial charge in [-0.15, -0.1) is 0 Å². The van der Waals surface area contributed by atoms with E-state index in [4.69, 9.17) is 5.73 Å². The van der Waals surface area contributed by atoms with Crippen LogP contribution in [0.25, 0.3) is 0 Å². The maximum Gasteiger partial charge on any atom is 0 e. The van der Waals surface area contributed by atoms with Gasteiger partial charge in [-0.05, 0) is 12.5 Å². The molecule has 0 aromatic heterocycles. The second-order valence-electron chi connectivity index (χ2n) is 4.03. The zero-order valence-corrected chi connectivity index (χ0v) is 12.3. The standard InChI is InChI=1S/C10H20N.U/c1-3-10(2)6-4-9(8-11)5-7-10;/h9H,2-8,11H2,1H3;/q-1;. The van der Waals surface area contributed by atoms with Gasteiger partial charge in [0.25, 0.3) is 0 Å². The first kappa shape index (κ1) is 13.0. The molecular weight excluding hydrogens is 372 g/mol. The molecule has 1 fully saturated rings. The molecule has 0 bridgehead atoms. The van der Waals surface area contributed by atoms with Crippen LogP contribution < -0.4 is 5.73 Å². The van der Waals surface area contributed by atoms with E-state index in [-0.39, 0.29) is 31.1 Å². The smallest absolute Gasteiger partial charge is 0 e. The summed E-state index contributed by atoms with van der Waals surface area (Å²) < 4.78 is 0. The molecule has 1 rings (SSSR count). The van der Waals surface area contributed by atoms with Gasteiger partial charge >= 0.3 is 0 Å². The summed E-state index contributed by atoms with van der Waals surface area (Å²) >= 11 is 0. The Morgan fingerprint density at radius 3 is 2.25 bits per heavy atom. The van der Waals surface area contributed by atoms with Gasteiger partial charge in [0.15, 0.2) is 0 Å². The number of hydrogen-bond donors (Lipinski definition) is 1. The van der Waals surface area contributed by atoms with Crippen LogP contribution in [-0.4, -0.2) is 6.54 Å². The van der Waals surface area contributed by atoms with Crippen LogP contribution >= 0.6 is 0 Å². The average molecular weight is 392 g/mol. The van der Waals surface area contributed by atoms with Crippen molar-refractivity contribution in [2.75, 3.05) is 6.54 Å². The van der Waals surface area contributed by atoms with Crippen molar-refractivity contribution in [3.05, 3.63) is 6.92 Å². The first-order chi connectivity index (χ1) is 5.20. The van der Waals surface area contributed by atoms with Gasteiger partial charge in [-0.3, -0.25) is 0 Å². The summed E-state index contributed by atoms with van der Waals surface area (Å²) in [6.07, 6.45) is 6.39. The van der Waals surface area contributed by atoms with Crippen molar-refractivity contribution in [1.29, 1.82) is 0 Å². The molecule has 0 saturated heterocycles. The molecule has 0 amide bonds. The molecule has 12 heavy (non-hydrogen) atoms. The van der Waals surface area contributed by atoms with Crippen LogP contribution in [0.2, 0.25) is 0 Å². The molecule has 0 aromatic rings. The summed E-state index contributed by atoms with van der Waals surface area (Å²) in [5.74, 6) is 0.788. The molecular formula is C10H20NU-. The Hall–Kier alpha value is 1.01. The SMILES string of the molecule is [CH2-]C1(CC)CCC(CN)CC1.[U]. The molecule has 1 saturated carbocycles. The molecule has 0 aliphatic heterocycles. The van der Waals surface area contributed by atoms with Gasteiger partial charge in [-0.1, -0.05) is 39.0 Å². The molecule has 70 valence electrons. The average Bonchev–Trinajstić information content (AvgIpc) is 2.06. The summed E-state index contributed by atoms with van der Waals surface area (Å²) in [5, 5.41) is 0. The predicted molar refractivity (Wildman–Crippen MR) is 49.1 cm³/mol. The topological polar surface area (TPSA) is 26.0 Å². The van der Waals surface area contributed by atoms with Gasteiger partial charge in [-0.25, -0.2) is 0 Å². The third-order valence-electron chi connectivity index (χ3n) is 3.25. The summed E-state index contributed by atoms with van der Waals surface area (Å²) in [6, 6.07) is 0. The quantitative estimate of drug-likeness (QED) is 0.718. The predicted octanol–water partition coefficient (Wildman–Crippen LogP) is 2.37. The summed E-state index contributed by atoms with van der Waals surface area (Å²) in [6.45, 7) is 7.40. The van der Waals surface area contributed by atoms with E-state index in [1.807, 2.05) is 0 Å². The van der Waals surface area contributed by atoms with Gasteiger partial charge in [0.1, 0.15) is 0 Å². The van der Waals surface area contributed by atoms with Crippen LogP contribution in [0.1, 0.15) is 39.0 Å². The molecule has 0 heterocycles. The first-order valence-corrected chi connectivity index (χ1v) is 4.75. The summed E-state index contributed by atoms with van der Waals surface area (Å²) in [7, 11) is 0. The molecule has 2 heteroatoms. The van der Waals surface area contributed by atoms with Crippen molar-refractivity contribution < 1.29 is 31.1 Å². The van der Waals surface area contributed by atoms with E-state index >= 15 is 0 Å². The van der Waals surface area contributed by atoms with Crippen molar-refractivity contribution >= 4 is 0 Å². The van der Waals surface area contributed by atoms with Crippen LogP contribution in [0, 0.1) is 49.4 Å². The van der Waals surface area contributed by atoms with E-state index < -0.39 is 0 Å². The van der Waals surface area contributed by atoms with E-state index in [0.29, 0.717) is 5.41 Å². The maximum atomic E-state index is 5.61. The second-order valence-corrected chi connectivity index (χ2v) is 4.03. The Bertz CT molecular complexity index is 117. The van der Waals surface area contributed by atoms with E-state index in [1.165, 1.54) is 32.1 Å². The number of nitrogens with two attached hydrogens (primary N) is 1. The monoisotopic (exact) mass is 392 g/mol. The zero-order chi connectivity index (χ0) is 8.32. The van der Waals surface area contributed by atoms with Crippen LogP contribution in [0.3, 0.4) is 0 Å². The van der Waals surface area contributed by atoms with Gasteiger partial charge in [0, 0.05) is 31.1 Å². The third-order valence-corrected chi connectivity index (χ3v) is 3.25. The molecule has 2 N–H and O–H groups in total. The Labute approximate surface area is 100 Å². The molecule has 1 aliphatic carbocycles. The van der Waals surface area contributed by atoms with Crippen molar-refractivity contribution in [3.63, 3.8) is 0 Å². The Morgan fingerprint density at radius 1 is 1.42 bits per heavy atom. The van der Waals surface area contributed by atoms with Gasteiger partial charge in [-0.2, -0.15) is 5.41 Å². The minimum Gasteiger partial charge on any atom is -0.337 e. The van der Waals surface area contributed by atoms with Gasteiger partial charge in [0.05, 0.1) is 0 Å². The van der Waals surface area contributed by atoms with Crippen LogP contribution in [-0.2, 0) is 0 Å². The second kappa shape index (κ2) is 5.68. The van der Waals surface area contributed by atoms with Crippen molar-refractivity contribution in [3.8, 4) is 0 Å². The zero-order valence-electron chi connectivity index (χ0n) is 8.10. The Morgan fingerprint density at radius 2 is 1.92 bits per heavy atom. The molecule has 0 unspecified atom stereocenters. The fraction of sp³-hybridized carbons (Fsp3) is 0.900. The van der Waals surface area contributed by atoms with E-state index in [2.05, 4.69) is 13.8 Å². The van der Waals surface area contributed by atoms with Crippen LogP contribution in [0.4, 0.5) is 0 Å². The summed E-state index contributed by atoms with van der Waals surface area (Å²) in [4.78, 5) is 0. The molecule has 0 spiro atoms.